The van der Waals surface area contributed by atoms with E-state index in [0.717, 1.165) is 40.4 Å². The second kappa shape index (κ2) is 4.43. The third-order valence-corrected chi connectivity index (χ3v) is 4.27. The topological polar surface area (TPSA) is 38.9 Å². The molecule has 94 valence electrons. The van der Waals surface area contributed by atoms with Crippen LogP contribution < -0.4 is 5.73 Å². The number of halogens is 1. The van der Waals surface area contributed by atoms with Gasteiger partial charge in [-0.25, -0.2) is 0 Å². The first-order valence-corrected chi connectivity index (χ1v) is 6.93. The number of hydrogen-bond donors (Lipinski definition) is 1. The molecule has 0 radical (unpaired) electrons. The lowest BCUT2D eigenvalue weighted by Crippen LogP contribution is -2.17. The van der Waals surface area contributed by atoms with E-state index in [1.807, 2.05) is 18.2 Å². The summed E-state index contributed by atoms with van der Waals surface area (Å²) < 4.78 is 0. The Morgan fingerprint density at radius 2 is 2.28 bits per heavy atom. The van der Waals surface area contributed by atoms with Gasteiger partial charge in [0.25, 0.3) is 0 Å². The fraction of sp³-hybridized carbons (Fsp3) is 0.400. The van der Waals surface area contributed by atoms with Crippen LogP contribution in [0.25, 0.3) is 10.9 Å². The van der Waals surface area contributed by atoms with Crippen LogP contribution in [0.1, 0.15) is 31.0 Å². The number of nitrogens with two attached hydrogens (primary N) is 1. The molecular weight excluding hydrogens is 244 g/mol. The van der Waals surface area contributed by atoms with Crippen LogP contribution in [-0.4, -0.2) is 4.98 Å². The van der Waals surface area contributed by atoms with E-state index in [-0.39, 0.29) is 0 Å². The summed E-state index contributed by atoms with van der Waals surface area (Å²) in [6, 6.07) is 5.77. The number of anilines is 1. The summed E-state index contributed by atoms with van der Waals surface area (Å²) in [6.45, 7) is 2.25. The Morgan fingerprint density at radius 3 is 3.06 bits per heavy atom. The van der Waals surface area contributed by atoms with Gasteiger partial charge < -0.3 is 5.73 Å². The highest BCUT2D eigenvalue weighted by Gasteiger charge is 2.21. The SMILES string of the molecule is CCC1CCc2nc3cc(Cl)ccc3c(N)c2C1. The largest absolute Gasteiger partial charge is 0.398 e. The molecule has 3 rings (SSSR count). The highest BCUT2D eigenvalue weighted by molar-refractivity contribution is 6.31. The Labute approximate surface area is 112 Å². The molecule has 1 heterocycles. The highest BCUT2D eigenvalue weighted by Crippen LogP contribution is 2.34. The fourth-order valence-corrected chi connectivity index (χ4v) is 3.04. The van der Waals surface area contributed by atoms with Crippen molar-refractivity contribution < 1.29 is 0 Å². The normalized spacial score (nSPS) is 18.9. The lowest BCUT2D eigenvalue weighted by atomic mass is 9.83. The van der Waals surface area contributed by atoms with Crippen LogP contribution in [0.15, 0.2) is 18.2 Å². The molecule has 2 aromatic rings. The molecule has 2 nitrogen and oxygen atoms in total. The maximum atomic E-state index is 6.32. The first-order chi connectivity index (χ1) is 8.69. The number of pyridine rings is 1. The van der Waals surface area contributed by atoms with Gasteiger partial charge in [-0.2, -0.15) is 0 Å². The van der Waals surface area contributed by atoms with Gasteiger partial charge in [-0.3, -0.25) is 4.98 Å². The molecule has 2 N–H and O–H groups in total. The quantitative estimate of drug-likeness (QED) is 0.842. The van der Waals surface area contributed by atoms with Crippen molar-refractivity contribution in [2.24, 2.45) is 5.92 Å². The van der Waals surface area contributed by atoms with Crippen LogP contribution >= 0.6 is 11.6 Å². The zero-order valence-electron chi connectivity index (χ0n) is 10.5. The molecule has 0 amide bonds. The summed E-state index contributed by atoms with van der Waals surface area (Å²) in [5.74, 6) is 0.756. The van der Waals surface area contributed by atoms with E-state index >= 15 is 0 Å². The number of nitrogen functional groups attached to an aromatic ring is 1. The number of aromatic nitrogens is 1. The van der Waals surface area contributed by atoms with Crippen molar-refractivity contribution in [1.29, 1.82) is 0 Å². The van der Waals surface area contributed by atoms with Gasteiger partial charge in [0.15, 0.2) is 0 Å². The summed E-state index contributed by atoms with van der Waals surface area (Å²) in [5.41, 5.74) is 10.6. The maximum Gasteiger partial charge on any atom is 0.0741 e. The third kappa shape index (κ3) is 1.85. The lowest BCUT2D eigenvalue weighted by Gasteiger charge is -2.25. The van der Waals surface area contributed by atoms with Crippen molar-refractivity contribution in [2.45, 2.75) is 32.6 Å². The van der Waals surface area contributed by atoms with Crippen LogP contribution in [0.3, 0.4) is 0 Å². The van der Waals surface area contributed by atoms with Crippen LogP contribution in [0.5, 0.6) is 0 Å². The first kappa shape index (κ1) is 11.8. The standard InChI is InChI=1S/C15H17ClN2/c1-2-9-3-6-13-12(7-9)15(17)11-5-4-10(16)8-14(11)18-13/h4-5,8-9H,2-3,6-7H2,1H3,(H2,17,18). The first-order valence-electron chi connectivity index (χ1n) is 6.55. The molecule has 0 spiro atoms. The number of fused-ring (bicyclic) bond motifs is 2. The third-order valence-electron chi connectivity index (χ3n) is 4.04. The van der Waals surface area contributed by atoms with Gasteiger partial charge in [-0.1, -0.05) is 24.9 Å². The molecule has 1 aromatic heterocycles. The molecule has 0 bridgehead atoms. The van der Waals surface area contributed by atoms with Gasteiger partial charge in [0.05, 0.1) is 5.52 Å². The fourth-order valence-electron chi connectivity index (χ4n) is 2.87. The molecule has 18 heavy (non-hydrogen) atoms. The second-order valence-electron chi connectivity index (χ2n) is 5.13. The summed E-state index contributed by atoms with van der Waals surface area (Å²) in [7, 11) is 0. The zero-order chi connectivity index (χ0) is 12.7. The van der Waals surface area contributed by atoms with E-state index in [4.69, 9.17) is 22.3 Å². The van der Waals surface area contributed by atoms with Crippen molar-refractivity contribution >= 4 is 28.2 Å². The molecule has 1 atom stereocenters. The van der Waals surface area contributed by atoms with Crippen molar-refractivity contribution in [1.82, 2.24) is 4.98 Å². The van der Waals surface area contributed by atoms with Gasteiger partial charge in [0, 0.05) is 21.8 Å². The molecule has 1 unspecified atom stereocenters. The second-order valence-corrected chi connectivity index (χ2v) is 5.57. The summed E-state index contributed by atoms with van der Waals surface area (Å²) in [6.07, 6.45) is 4.56. The van der Waals surface area contributed by atoms with Crippen LogP contribution in [0.2, 0.25) is 5.02 Å². The average Bonchev–Trinajstić information content (AvgIpc) is 2.38. The van der Waals surface area contributed by atoms with Crippen LogP contribution in [0, 0.1) is 5.92 Å². The van der Waals surface area contributed by atoms with Gasteiger partial charge in [-0.05, 0) is 48.9 Å². The van der Waals surface area contributed by atoms with E-state index in [2.05, 4.69) is 6.92 Å². The van der Waals surface area contributed by atoms with E-state index in [1.165, 1.54) is 24.1 Å². The number of aryl methyl sites for hydroxylation is 1. The van der Waals surface area contributed by atoms with Gasteiger partial charge in [-0.15, -0.1) is 0 Å². The van der Waals surface area contributed by atoms with Crippen molar-refractivity contribution in [3.05, 3.63) is 34.5 Å². The smallest absolute Gasteiger partial charge is 0.0741 e. The number of hydrogen-bond acceptors (Lipinski definition) is 2. The molecule has 3 heteroatoms. The summed E-state index contributed by atoms with van der Waals surface area (Å²) in [4.78, 5) is 4.74. The molecule has 1 aliphatic rings. The summed E-state index contributed by atoms with van der Waals surface area (Å²) >= 11 is 6.02. The Hall–Kier alpha value is -1.28. The molecule has 1 aromatic carbocycles. The zero-order valence-corrected chi connectivity index (χ0v) is 11.3. The van der Waals surface area contributed by atoms with Gasteiger partial charge in [0.1, 0.15) is 0 Å². The van der Waals surface area contributed by atoms with E-state index in [1.54, 1.807) is 0 Å². The highest BCUT2D eigenvalue weighted by atomic mass is 35.5. The minimum absolute atomic E-state index is 0.719. The molecule has 1 aliphatic carbocycles. The van der Waals surface area contributed by atoms with Gasteiger partial charge >= 0.3 is 0 Å². The van der Waals surface area contributed by atoms with Crippen molar-refractivity contribution in [3.63, 3.8) is 0 Å². The summed E-state index contributed by atoms with van der Waals surface area (Å²) in [5, 5.41) is 1.76. The van der Waals surface area contributed by atoms with Crippen LogP contribution in [-0.2, 0) is 12.8 Å². The number of rotatable bonds is 1. The molecule has 0 saturated heterocycles. The molecule has 0 aliphatic heterocycles. The maximum absolute atomic E-state index is 6.32. The monoisotopic (exact) mass is 260 g/mol. The minimum atomic E-state index is 0.719. The Morgan fingerprint density at radius 1 is 1.44 bits per heavy atom. The predicted octanol–water partition coefficient (Wildman–Crippen LogP) is 3.99. The van der Waals surface area contributed by atoms with Crippen molar-refractivity contribution in [3.8, 4) is 0 Å². The van der Waals surface area contributed by atoms with E-state index < -0.39 is 0 Å². The Balaban J connectivity index is 2.20. The van der Waals surface area contributed by atoms with Crippen LogP contribution in [0.4, 0.5) is 5.69 Å². The minimum Gasteiger partial charge on any atom is -0.398 e. The number of nitrogens with zero attached hydrogens (tertiary/aromatic N) is 1. The lowest BCUT2D eigenvalue weighted by molar-refractivity contribution is 0.441. The molecule has 0 fully saturated rings. The van der Waals surface area contributed by atoms with E-state index in [9.17, 15) is 0 Å². The Kier molecular flexibility index (Phi) is 2.90. The van der Waals surface area contributed by atoms with E-state index in [0.29, 0.717) is 0 Å². The molecular formula is C15H17ClN2. The Bertz CT molecular complexity index is 607. The predicted molar refractivity (Wildman–Crippen MR) is 77.0 cm³/mol. The van der Waals surface area contributed by atoms with Gasteiger partial charge in [0.2, 0.25) is 0 Å². The molecule has 0 saturated carbocycles. The average molecular weight is 261 g/mol. The number of benzene rings is 1. The van der Waals surface area contributed by atoms with Crippen molar-refractivity contribution in [2.75, 3.05) is 5.73 Å².